The van der Waals surface area contributed by atoms with E-state index in [2.05, 4.69) is 4.74 Å². The van der Waals surface area contributed by atoms with Crippen molar-refractivity contribution in [3.63, 3.8) is 0 Å². The summed E-state index contributed by atoms with van der Waals surface area (Å²) in [5, 5.41) is 9.87. The summed E-state index contributed by atoms with van der Waals surface area (Å²) in [7, 11) is 1.36. The fourth-order valence-electron chi connectivity index (χ4n) is 0.971. The third kappa shape index (κ3) is 8.70. The molecule has 0 atom stereocenters. The highest BCUT2D eigenvalue weighted by Crippen LogP contribution is 2.04. The fraction of sp³-hybridized carbons (Fsp3) is 0.667. The normalized spacial score (nSPS) is 10.4. The van der Waals surface area contributed by atoms with E-state index >= 15 is 0 Å². The maximum absolute atomic E-state index is 10.7. The number of carbonyl (C=O) groups is 1. The van der Waals surface area contributed by atoms with Crippen LogP contribution in [-0.2, 0) is 9.53 Å². The molecule has 0 aliphatic heterocycles. The zero-order valence-electron chi connectivity index (χ0n) is 8.27. The number of nitrogens with zero attached hydrogens (tertiary/aromatic N) is 1. The zero-order chi connectivity index (χ0) is 10.8. The van der Waals surface area contributed by atoms with Crippen LogP contribution in [0.1, 0.15) is 32.1 Å². The van der Waals surface area contributed by atoms with Crippen LogP contribution in [-0.4, -0.2) is 18.0 Å². The quantitative estimate of drug-likeness (QED) is 0.273. The second kappa shape index (κ2) is 8.22. The average molecular weight is 201 g/mol. The summed E-state index contributed by atoms with van der Waals surface area (Å²) in [6.45, 7) is 0. The van der Waals surface area contributed by atoms with Gasteiger partial charge in [-0.25, -0.2) is 0 Å². The monoisotopic (exact) mass is 201 g/mol. The van der Waals surface area contributed by atoms with Gasteiger partial charge in [0, 0.05) is 6.42 Å². The second-order valence-electron chi connectivity index (χ2n) is 2.85. The van der Waals surface area contributed by atoms with Crippen molar-refractivity contribution in [3.05, 3.63) is 22.4 Å². The van der Waals surface area contributed by atoms with E-state index in [-0.39, 0.29) is 5.97 Å². The molecule has 0 fully saturated rings. The van der Waals surface area contributed by atoms with Gasteiger partial charge < -0.3 is 4.74 Å². The van der Waals surface area contributed by atoms with E-state index < -0.39 is 4.92 Å². The van der Waals surface area contributed by atoms with Crippen LogP contribution in [0.15, 0.2) is 12.3 Å². The number of allylic oxidation sites excluding steroid dienone is 1. The van der Waals surface area contributed by atoms with Gasteiger partial charge in [0.05, 0.1) is 12.0 Å². The van der Waals surface area contributed by atoms with Crippen molar-refractivity contribution in [3.8, 4) is 0 Å². The van der Waals surface area contributed by atoms with Crippen molar-refractivity contribution in [2.75, 3.05) is 7.11 Å². The van der Waals surface area contributed by atoms with E-state index in [9.17, 15) is 14.9 Å². The summed E-state index contributed by atoms with van der Waals surface area (Å²) in [4.78, 5) is 20.1. The maximum atomic E-state index is 10.7. The van der Waals surface area contributed by atoms with Crippen molar-refractivity contribution in [2.24, 2.45) is 0 Å². The van der Waals surface area contributed by atoms with E-state index in [0.29, 0.717) is 12.8 Å². The molecule has 0 aromatic carbocycles. The first-order valence-corrected chi connectivity index (χ1v) is 4.53. The molecule has 0 amide bonds. The molecule has 80 valence electrons. The smallest absolute Gasteiger partial charge is 0.305 e. The molecule has 0 unspecified atom stereocenters. The van der Waals surface area contributed by atoms with E-state index in [0.717, 1.165) is 25.5 Å². The molecule has 14 heavy (non-hydrogen) atoms. The fourth-order valence-corrected chi connectivity index (χ4v) is 0.971. The number of ether oxygens (including phenoxy) is 1. The molecule has 0 rings (SSSR count). The third-order valence-corrected chi connectivity index (χ3v) is 1.71. The molecule has 0 bridgehead atoms. The first kappa shape index (κ1) is 12.6. The molecule has 0 aromatic heterocycles. The molecule has 5 heteroatoms. The summed E-state index contributed by atoms with van der Waals surface area (Å²) in [5.74, 6) is -0.203. The SMILES string of the molecule is COC(=O)CCCCC/C=C/[N+](=O)[O-]. The Labute approximate surface area is 82.9 Å². The van der Waals surface area contributed by atoms with Gasteiger partial charge in [0.2, 0.25) is 6.20 Å². The lowest BCUT2D eigenvalue weighted by Crippen LogP contribution is -1.98. The minimum absolute atomic E-state index is 0.203. The summed E-state index contributed by atoms with van der Waals surface area (Å²) in [6.07, 6.45) is 6.10. The Morgan fingerprint density at radius 3 is 2.71 bits per heavy atom. The van der Waals surface area contributed by atoms with Crippen LogP contribution in [0, 0.1) is 10.1 Å². The molecule has 0 radical (unpaired) electrons. The van der Waals surface area contributed by atoms with E-state index in [1.54, 1.807) is 0 Å². The number of carbonyl (C=O) groups excluding carboxylic acids is 1. The zero-order valence-corrected chi connectivity index (χ0v) is 8.27. The van der Waals surface area contributed by atoms with Crippen LogP contribution < -0.4 is 0 Å². The number of hydrogen-bond acceptors (Lipinski definition) is 4. The van der Waals surface area contributed by atoms with E-state index in [1.165, 1.54) is 13.2 Å². The van der Waals surface area contributed by atoms with Gasteiger partial charge in [-0.15, -0.1) is 0 Å². The van der Waals surface area contributed by atoms with Gasteiger partial charge in [-0.05, 0) is 25.3 Å². The van der Waals surface area contributed by atoms with Gasteiger partial charge in [0.15, 0.2) is 0 Å². The van der Waals surface area contributed by atoms with E-state index in [4.69, 9.17) is 0 Å². The molecule has 0 heterocycles. The first-order chi connectivity index (χ1) is 6.66. The average Bonchev–Trinajstić information content (AvgIpc) is 2.15. The van der Waals surface area contributed by atoms with Crippen LogP contribution in [0.25, 0.3) is 0 Å². The molecule has 0 saturated carbocycles. The maximum Gasteiger partial charge on any atom is 0.305 e. The van der Waals surface area contributed by atoms with Crippen molar-refractivity contribution in [1.29, 1.82) is 0 Å². The highest BCUT2D eigenvalue weighted by Gasteiger charge is 1.98. The Morgan fingerprint density at radius 2 is 2.14 bits per heavy atom. The number of esters is 1. The lowest BCUT2D eigenvalue weighted by Gasteiger charge is -1.97. The predicted octanol–water partition coefficient (Wildman–Crippen LogP) is 1.90. The first-order valence-electron chi connectivity index (χ1n) is 4.53. The van der Waals surface area contributed by atoms with Gasteiger partial charge in [-0.1, -0.05) is 6.42 Å². The molecular weight excluding hydrogens is 186 g/mol. The number of rotatable bonds is 7. The van der Waals surface area contributed by atoms with Gasteiger partial charge in [0.1, 0.15) is 0 Å². The molecule has 0 spiro atoms. The third-order valence-electron chi connectivity index (χ3n) is 1.71. The second-order valence-corrected chi connectivity index (χ2v) is 2.85. The Bertz CT molecular complexity index is 213. The predicted molar refractivity (Wildman–Crippen MR) is 51.2 cm³/mol. The largest absolute Gasteiger partial charge is 0.469 e. The molecule has 0 aromatic rings. The summed E-state index contributed by atoms with van der Waals surface area (Å²) >= 11 is 0. The molecule has 5 nitrogen and oxygen atoms in total. The summed E-state index contributed by atoms with van der Waals surface area (Å²) in [5.41, 5.74) is 0. The van der Waals surface area contributed by atoms with Crippen LogP contribution in [0.4, 0.5) is 0 Å². The van der Waals surface area contributed by atoms with Gasteiger partial charge in [0.25, 0.3) is 0 Å². The molecule has 0 saturated heterocycles. The number of unbranched alkanes of at least 4 members (excludes halogenated alkanes) is 3. The Hall–Kier alpha value is -1.39. The van der Waals surface area contributed by atoms with Gasteiger partial charge in [-0.2, -0.15) is 0 Å². The van der Waals surface area contributed by atoms with Crippen molar-refractivity contribution in [2.45, 2.75) is 32.1 Å². The number of hydrogen-bond donors (Lipinski definition) is 0. The van der Waals surface area contributed by atoms with Crippen molar-refractivity contribution in [1.82, 2.24) is 0 Å². The number of nitro groups is 1. The minimum atomic E-state index is -0.478. The van der Waals surface area contributed by atoms with E-state index in [1.807, 2.05) is 0 Å². The van der Waals surface area contributed by atoms with Crippen molar-refractivity contribution < 1.29 is 14.5 Å². The molecular formula is C9H15NO4. The van der Waals surface area contributed by atoms with Crippen LogP contribution >= 0.6 is 0 Å². The minimum Gasteiger partial charge on any atom is -0.469 e. The van der Waals surface area contributed by atoms with Crippen LogP contribution in [0.2, 0.25) is 0 Å². The molecule has 0 aliphatic carbocycles. The lowest BCUT2D eigenvalue weighted by molar-refractivity contribution is -0.402. The highest BCUT2D eigenvalue weighted by atomic mass is 16.6. The summed E-state index contributed by atoms with van der Waals surface area (Å²) < 4.78 is 4.47. The van der Waals surface area contributed by atoms with Crippen LogP contribution in [0.3, 0.4) is 0 Å². The lowest BCUT2D eigenvalue weighted by atomic mass is 10.1. The Morgan fingerprint density at radius 1 is 1.43 bits per heavy atom. The van der Waals surface area contributed by atoms with Gasteiger partial charge >= 0.3 is 5.97 Å². The molecule has 0 aliphatic rings. The standard InChI is InChI=1S/C9H15NO4/c1-14-9(11)7-5-3-2-4-6-8-10(12)13/h6,8H,2-5,7H2,1H3/b8-6+. The molecule has 0 N–H and O–H groups in total. The van der Waals surface area contributed by atoms with Crippen LogP contribution in [0.5, 0.6) is 0 Å². The van der Waals surface area contributed by atoms with Crippen molar-refractivity contribution >= 4 is 5.97 Å². The summed E-state index contributed by atoms with van der Waals surface area (Å²) in [6, 6.07) is 0. The topological polar surface area (TPSA) is 69.4 Å². The highest BCUT2D eigenvalue weighted by molar-refractivity contribution is 5.68. The Kier molecular flexibility index (Phi) is 7.40. The van der Waals surface area contributed by atoms with Gasteiger partial charge in [-0.3, -0.25) is 14.9 Å². The Balaban J connectivity index is 3.22. The number of methoxy groups -OCH3 is 1.